The first-order valence-electron chi connectivity index (χ1n) is 5.92. The summed E-state index contributed by atoms with van der Waals surface area (Å²) in [7, 11) is 0. The second kappa shape index (κ2) is 5.34. The van der Waals surface area contributed by atoms with Crippen molar-refractivity contribution in [1.82, 2.24) is 9.80 Å². The molecule has 0 bridgehead atoms. The normalized spacial score (nSPS) is 25.5. The summed E-state index contributed by atoms with van der Waals surface area (Å²) in [4.78, 5) is 5.25. The molecule has 1 aliphatic heterocycles. The van der Waals surface area contributed by atoms with E-state index in [1.165, 1.54) is 58.4 Å². The van der Waals surface area contributed by atoms with Crippen LogP contribution < -0.4 is 0 Å². The molecule has 0 N–H and O–H groups in total. The molecule has 14 heavy (non-hydrogen) atoms. The Labute approximate surface area is 92.2 Å². The molecule has 0 radical (unpaired) electrons. The van der Waals surface area contributed by atoms with Crippen LogP contribution in [-0.4, -0.2) is 54.4 Å². The van der Waals surface area contributed by atoms with Crippen molar-refractivity contribution in [2.45, 2.75) is 31.7 Å². The quantitative estimate of drug-likeness (QED) is 0.511. The zero-order valence-electron chi connectivity index (χ0n) is 8.92. The van der Waals surface area contributed by atoms with Crippen molar-refractivity contribution in [3.8, 4) is 0 Å². The van der Waals surface area contributed by atoms with Crippen molar-refractivity contribution in [3.05, 3.63) is 0 Å². The third-order valence-electron chi connectivity index (χ3n) is 3.33. The van der Waals surface area contributed by atoms with Crippen molar-refractivity contribution in [1.29, 1.82) is 0 Å². The average molecular weight is 217 g/mol. The molecule has 1 aliphatic carbocycles. The number of piperazine rings is 1. The van der Waals surface area contributed by atoms with Gasteiger partial charge < -0.3 is 4.90 Å². The smallest absolute Gasteiger partial charge is 0.0223 e. The molecule has 82 valence electrons. The van der Waals surface area contributed by atoms with Crippen LogP contribution in [0.5, 0.6) is 0 Å². The maximum atomic E-state index is 5.67. The highest BCUT2D eigenvalue weighted by atomic mass is 35.5. The summed E-state index contributed by atoms with van der Waals surface area (Å²) in [6.45, 7) is 6.40. The Morgan fingerprint density at radius 2 is 1.71 bits per heavy atom. The van der Waals surface area contributed by atoms with E-state index < -0.39 is 0 Å². The van der Waals surface area contributed by atoms with Gasteiger partial charge in [-0.15, -0.1) is 11.6 Å². The lowest BCUT2D eigenvalue weighted by Crippen LogP contribution is -2.47. The highest BCUT2D eigenvalue weighted by Crippen LogP contribution is 2.27. The summed E-state index contributed by atoms with van der Waals surface area (Å²) >= 11 is 5.67. The molecule has 0 amide bonds. The summed E-state index contributed by atoms with van der Waals surface area (Å²) in [6.07, 6.45) is 5.34. The van der Waals surface area contributed by atoms with Gasteiger partial charge in [0.25, 0.3) is 0 Å². The predicted molar refractivity (Wildman–Crippen MR) is 61.0 cm³/mol. The molecular weight excluding hydrogens is 196 g/mol. The van der Waals surface area contributed by atoms with Gasteiger partial charge >= 0.3 is 0 Å². The second-order valence-electron chi connectivity index (χ2n) is 4.50. The fraction of sp³-hybridized carbons (Fsp3) is 1.00. The van der Waals surface area contributed by atoms with E-state index >= 15 is 0 Å². The van der Waals surface area contributed by atoms with E-state index in [4.69, 9.17) is 11.6 Å². The molecule has 0 unspecified atom stereocenters. The first-order chi connectivity index (χ1) is 6.90. The van der Waals surface area contributed by atoms with Gasteiger partial charge in [-0.2, -0.15) is 0 Å². The molecule has 1 saturated carbocycles. The van der Waals surface area contributed by atoms with Crippen LogP contribution in [0.25, 0.3) is 0 Å². The fourth-order valence-corrected chi connectivity index (χ4v) is 2.41. The van der Waals surface area contributed by atoms with Gasteiger partial charge in [-0.1, -0.05) is 0 Å². The Bertz CT molecular complexity index is 163. The van der Waals surface area contributed by atoms with Crippen LogP contribution in [0.15, 0.2) is 0 Å². The van der Waals surface area contributed by atoms with E-state index in [0.717, 1.165) is 11.9 Å². The molecule has 0 aromatic carbocycles. The molecule has 2 nitrogen and oxygen atoms in total. The number of alkyl halides is 1. The van der Waals surface area contributed by atoms with E-state index in [0.29, 0.717) is 0 Å². The van der Waals surface area contributed by atoms with Crippen molar-refractivity contribution in [2.75, 3.05) is 38.6 Å². The van der Waals surface area contributed by atoms with E-state index in [-0.39, 0.29) is 0 Å². The van der Waals surface area contributed by atoms with Gasteiger partial charge in [0.15, 0.2) is 0 Å². The molecule has 1 heterocycles. The van der Waals surface area contributed by atoms with E-state index in [9.17, 15) is 0 Å². The Balaban J connectivity index is 1.58. The number of unbranched alkanes of at least 4 members (excludes halogenated alkanes) is 1. The van der Waals surface area contributed by atoms with E-state index in [1.54, 1.807) is 0 Å². The van der Waals surface area contributed by atoms with Crippen LogP contribution >= 0.6 is 11.6 Å². The van der Waals surface area contributed by atoms with Crippen LogP contribution in [0, 0.1) is 0 Å². The SMILES string of the molecule is ClCCCCN1CCN(C2CC2)CC1. The molecule has 0 aromatic rings. The Kier molecular flexibility index (Phi) is 4.09. The topological polar surface area (TPSA) is 6.48 Å². The maximum absolute atomic E-state index is 5.67. The van der Waals surface area contributed by atoms with Crippen molar-refractivity contribution in [2.24, 2.45) is 0 Å². The van der Waals surface area contributed by atoms with E-state index in [2.05, 4.69) is 9.80 Å². The second-order valence-corrected chi connectivity index (χ2v) is 4.88. The first-order valence-corrected chi connectivity index (χ1v) is 6.46. The third kappa shape index (κ3) is 3.11. The van der Waals surface area contributed by atoms with Gasteiger partial charge in [0.05, 0.1) is 0 Å². The molecule has 2 rings (SSSR count). The van der Waals surface area contributed by atoms with Gasteiger partial charge in [0.2, 0.25) is 0 Å². The highest BCUT2D eigenvalue weighted by molar-refractivity contribution is 6.17. The van der Waals surface area contributed by atoms with Gasteiger partial charge in [0.1, 0.15) is 0 Å². The summed E-state index contributed by atoms with van der Waals surface area (Å²) < 4.78 is 0. The average Bonchev–Trinajstić information content (AvgIpc) is 3.03. The largest absolute Gasteiger partial charge is 0.301 e. The number of halogens is 1. The van der Waals surface area contributed by atoms with Gasteiger partial charge in [-0.3, -0.25) is 4.90 Å². The van der Waals surface area contributed by atoms with Crippen molar-refractivity contribution in [3.63, 3.8) is 0 Å². The van der Waals surface area contributed by atoms with Gasteiger partial charge in [-0.25, -0.2) is 0 Å². The molecule has 0 aromatic heterocycles. The summed E-state index contributed by atoms with van der Waals surface area (Å²) in [5.74, 6) is 0.821. The standard InChI is InChI=1S/C11H21ClN2/c12-5-1-2-6-13-7-9-14(10-8-13)11-3-4-11/h11H,1-10H2. The highest BCUT2D eigenvalue weighted by Gasteiger charge is 2.30. The predicted octanol–water partition coefficient (Wildman–Crippen LogP) is 1.79. The van der Waals surface area contributed by atoms with Gasteiger partial charge in [0, 0.05) is 38.1 Å². The summed E-state index contributed by atoms with van der Waals surface area (Å²) in [5.41, 5.74) is 0. The van der Waals surface area contributed by atoms with E-state index in [1.807, 2.05) is 0 Å². The molecule has 1 saturated heterocycles. The monoisotopic (exact) mass is 216 g/mol. The Morgan fingerprint density at radius 3 is 2.29 bits per heavy atom. The summed E-state index contributed by atoms with van der Waals surface area (Å²) in [6, 6.07) is 0.958. The third-order valence-corrected chi connectivity index (χ3v) is 3.60. The van der Waals surface area contributed by atoms with Crippen LogP contribution in [0.3, 0.4) is 0 Å². The lowest BCUT2D eigenvalue weighted by atomic mass is 10.2. The lowest BCUT2D eigenvalue weighted by molar-refractivity contribution is 0.125. The molecule has 3 heteroatoms. The molecule has 0 atom stereocenters. The number of hydrogen-bond acceptors (Lipinski definition) is 2. The van der Waals surface area contributed by atoms with Crippen LogP contribution in [0.2, 0.25) is 0 Å². The molecule has 2 fully saturated rings. The van der Waals surface area contributed by atoms with Crippen molar-refractivity contribution < 1.29 is 0 Å². The minimum absolute atomic E-state index is 0.821. The Morgan fingerprint density at radius 1 is 1.00 bits per heavy atom. The minimum atomic E-state index is 0.821. The fourth-order valence-electron chi connectivity index (χ4n) is 2.22. The number of rotatable bonds is 5. The lowest BCUT2D eigenvalue weighted by Gasteiger charge is -2.34. The van der Waals surface area contributed by atoms with Crippen LogP contribution in [0.4, 0.5) is 0 Å². The summed E-state index contributed by atoms with van der Waals surface area (Å²) in [5, 5.41) is 0. The van der Waals surface area contributed by atoms with Gasteiger partial charge in [-0.05, 0) is 32.2 Å². The minimum Gasteiger partial charge on any atom is -0.301 e. The maximum Gasteiger partial charge on any atom is 0.0223 e. The molecular formula is C11H21ClN2. The van der Waals surface area contributed by atoms with Crippen LogP contribution in [-0.2, 0) is 0 Å². The number of nitrogens with zero attached hydrogens (tertiary/aromatic N) is 2. The van der Waals surface area contributed by atoms with Crippen molar-refractivity contribution >= 4 is 11.6 Å². The number of hydrogen-bond donors (Lipinski definition) is 0. The zero-order valence-corrected chi connectivity index (χ0v) is 9.68. The zero-order chi connectivity index (χ0) is 9.80. The molecule has 2 aliphatic rings. The van der Waals surface area contributed by atoms with Crippen LogP contribution in [0.1, 0.15) is 25.7 Å². The Hall–Kier alpha value is 0.210. The first kappa shape index (κ1) is 10.7. The molecule has 0 spiro atoms.